The summed E-state index contributed by atoms with van der Waals surface area (Å²) in [7, 11) is 0. The second-order valence-corrected chi connectivity index (χ2v) is 4.65. The van der Waals surface area contributed by atoms with Gasteiger partial charge in [0, 0.05) is 29.0 Å². The fourth-order valence-corrected chi connectivity index (χ4v) is 1.94. The van der Waals surface area contributed by atoms with Gasteiger partial charge < -0.3 is 4.57 Å². The average molecular weight is 293 g/mol. The van der Waals surface area contributed by atoms with Crippen molar-refractivity contribution >= 4 is 21.7 Å². The summed E-state index contributed by atoms with van der Waals surface area (Å²) < 4.78 is 2.96. The highest BCUT2D eigenvalue weighted by molar-refractivity contribution is 9.10. The molecule has 0 aliphatic heterocycles. The minimum Gasteiger partial charge on any atom is -0.335 e. The summed E-state index contributed by atoms with van der Waals surface area (Å²) >= 11 is 3.35. The van der Waals surface area contributed by atoms with E-state index in [-0.39, 0.29) is 5.78 Å². The number of Topliss-reactive ketones (excluding diaryl/α,β-unsaturated/α-hetero) is 1. The van der Waals surface area contributed by atoms with Gasteiger partial charge in [0.05, 0.1) is 6.42 Å². The predicted octanol–water partition coefficient (Wildman–Crippen LogP) is 3.09. The van der Waals surface area contributed by atoms with Crippen LogP contribution in [0.2, 0.25) is 0 Å². The highest BCUT2D eigenvalue weighted by atomic mass is 79.9. The molecule has 2 rings (SSSR count). The van der Waals surface area contributed by atoms with Crippen LogP contribution in [0.1, 0.15) is 23.1 Å². The Morgan fingerprint density at radius 1 is 1.35 bits per heavy atom. The number of hydrogen-bond donors (Lipinski definition) is 0. The fourth-order valence-electron chi connectivity index (χ4n) is 1.68. The van der Waals surface area contributed by atoms with E-state index in [1.165, 1.54) is 0 Å². The fraction of sp³-hybridized carbons (Fsp3) is 0.231. The monoisotopic (exact) mass is 292 g/mol. The van der Waals surface area contributed by atoms with Crippen LogP contribution in [-0.2, 0) is 13.0 Å². The second-order valence-electron chi connectivity index (χ2n) is 3.74. The number of aryl methyl sites for hydroxylation is 1. The molecule has 88 valence electrons. The largest absolute Gasteiger partial charge is 0.335 e. The van der Waals surface area contributed by atoms with Crippen LogP contribution in [0.25, 0.3) is 0 Å². The number of imidazole rings is 1. The summed E-state index contributed by atoms with van der Waals surface area (Å²) in [6, 6.07) is 7.40. The minimum absolute atomic E-state index is 0.0957. The zero-order chi connectivity index (χ0) is 12.3. The van der Waals surface area contributed by atoms with Crippen molar-refractivity contribution in [2.45, 2.75) is 19.9 Å². The molecule has 3 nitrogen and oxygen atoms in total. The van der Waals surface area contributed by atoms with Crippen LogP contribution in [0.4, 0.5) is 0 Å². The summed E-state index contributed by atoms with van der Waals surface area (Å²) in [6.07, 6.45) is 3.97. The van der Waals surface area contributed by atoms with Gasteiger partial charge in [-0.25, -0.2) is 4.98 Å². The normalized spacial score (nSPS) is 10.5. The first-order chi connectivity index (χ1) is 8.20. The molecule has 2 aromatic rings. The number of ketones is 1. The molecule has 0 atom stereocenters. The molecule has 1 heterocycles. The topological polar surface area (TPSA) is 34.9 Å². The molecule has 1 aromatic carbocycles. The third-order valence-corrected chi connectivity index (χ3v) is 3.16. The smallest absolute Gasteiger partial charge is 0.170 e. The van der Waals surface area contributed by atoms with Crippen molar-refractivity contribution < 1.29 is 4.79 Å². The first-order valence-corrected chi connectivity index (χ1v) is 6.28. The van der Waals surface area contributed by atoms with Crippen LogP contribution in [0, 0.1) is 0 Å². The molecule has 0 bridgehead atoms. The molecule has 0 amide bonds. The third-order valence-electron chi connectivity index (χ3n) is 2.63. The van der Waals surface area contributed by atoms with Gasteiger partial charge in [0.1, 0.15) is 5.82 Å². The van der Waals surface area contributed by atoms with Gasteiger partial charge in [-0.05, 0) is 19.1 Å². The first-order valence-electron chi connectivity index (χ1n) is 5.49. The van der Waals surface area contributed by atoms with E-state index in [0.717, 1.165) is 22.4 Å². The molecule has 0 spiro atoms. The Kier molecular flexibility index (Phi) is 3.74. The molecule has 0 aliphatic rings. The van der Waals surface area contributed by atoms with Crippen molar-refractivity contribution in [3.05, 3.63) is 52.5 Å². The van der Waals surface area contributed by atoms with Gasteiger partial charge in [0.25, 0.3) is 0 Å². The summed E-state index contributed by atoms with van der Waals surface area (Å²) in [5, 5.41) is 0. The number of halogens is 1. The van der Waals surface area contributed by atoms with Gasteiger partial charge in [-0.3, -0.25) is 4.79 Å². The Balaban J connectivity index is 2.14. The molecule has 0 fully saturated rings. The summed E-state index contributed by atoms with van der Waals surface area (Å²) in [5.41, 5.74) is 0.721. The van der Waals surface area contributed by atoms with Crippen molar-refractivity contribution in [1.29, 1.82) is 0 Å². The molecule has 0 unspecified atom stereocenters. The number of hydrogen-bond acceptors (Lipinski definition) is 2. The van der Waals surface area contributed by atoms with Crippen molar-refractivity contribution in [3.63, 3.8) is 0 Å². The van der Waals surface area contributed by atoms with E-state index < -0.39 is 0 Å². The Labute approximate surface area is 109 Å². The molecule has 4 heteroatoms. The van der Waals surface area contributed by atoms with E-state index in [2.05, 4.69) is 20.9 Å². The molecule has 17 heavy (non-hydrogen) atoms. The zero-order valence-corrected chi connectivity index (χ0v) is 11.1. The van der Waals surface area contributed by atoms with E-state index in [0.29, 0.717) is 6.42 Å². The van der Waals surface area contributed by atoms with Gasteiger partial charge in [0.15, 0.2) is 5.78 Å². The van der Waals surface area contributed by atoms with Crippen LogP contribution in [0.15, 0.2) is 41.1 Å². The van der Waals surface area contributed by atoms with Gasteiger partial charge in [-0.1, -0.05) is 28.1 Å². The summed E-state index contributed by atoms with van der Waals surface area (Å²) in [4.78, 5) is 16.2. The number of benzene rings is 1. The number of carbonyl (C=O) groups excluding carboxylic acids is 1. The molecule has 0 saturated carbocycles. The Morgan fingerprint density at radius 3 is 2.71 bits per heavy atom. The van der Waals surface area contributed by atoms with Gasteiger partial charge >= 0.3 is 0 Å². The summed E-state index contributed by atoms with van der Waals surface area (Å²) in [5.74, 6) is 0.916. The Bertz CT molecular complexity index is 516. The molecule has 0 N–H and O–H groups in total. The highest BCUT2D eigenvalue weighted by Gasteiger charge is 2.10. The van der Waals surface area contributed by atoms with E-state index >= 15 is 0 Å². The van der Waals surface area contributed by atoms with Gasteiger partial charge in [-0.2, -0.15) is 0 Å². The van der Waals surface area contributed by atoms with Crippen LogP contribution in [-0.4, -0.2) is 15.3 Å². The lowest BCUT2D eigenvalue weighted by atomic mass is 10.1. The molecule has 0 saturated heterocycles. The lowest BCUT2D eigenvalue weighted by Gasteiger charge is -2.04. The van der Waals surface area contributed by atoms with Gasteiger partial charge in [0.2, 0.25) is 0 Å². The lowest BCUT2D eigenvalue weighted by Crippen LogP contribution is -2.09. The highest BCUT2D eigenvalue weighted by Crippen LogP contribution is 2.12. The van der Waals surface area contributed by atoms with E-state index in [1.54, 1.807) is 6.20 Å². The van der Waals surface area contributed by atoms with E-state index in [1.807, 2.05) is 42.0 Å². The standard InChI is InChI=1S/C13H13BrN2O/c1-2-16-8-7-15-13(16)9-12(17)10-3-5-11(14)6-4-10/h3-8H,2,9H2,1H3. The number of nitrogens with zero attached hydrogens (tertiary/aromatic N) is 2. The first kappa shape index (κ1) is 12.0. The van der Waals surface area contributed by atoms with E-state index in [4.69, 9.17) is 0 Å². The van der Waals surface area contributed by atoms with Gasteiger partial charge in [-0.15, -0.1) is 0 Å². The third kappa shape index (κ3) is 2.82. The van der Waals surface area contributed by atoms with Crippen LogP contribution in [0.5, 0.6) is 0 Å². The second kappa shape index (κ2) is 5.27. The van der Waals surface area contributed by atoms with Crippen LogP contribution < -0.4 is 0 Å². The predicted molar refractivity (Wildman–Crippen MR) is 70.1 cm³/mol. The molecule has 0 aliphatic carbocycles. The maximum atomic E-state index is 12.0. The number of rotatable bonds is 4. The molecular weight excluding hydrogens is 280 g/mol. The average Bonchev–Trinajstić information content (AvgIpc) is 2.77. The summed E-state index contributed by atoms with van der Waals surface area (Å²) in [6.45, 7) is 2.87. The number of carbonyl (C=O) groups is 1. The lowest BCUT2D eigenvalue weighted by molar-refractivity contribution is 0.0990. The maximum Gasteiger partial charge on any atom is 0.170 e. The Hall–Kier alpha value is -1.42. The Morgan fingerprint density at radius 2 is 2.06 bits per heavy atom. The molecule has 1 aromatic heterocycles. The van der Waals surface area contributed by atoms with Crippen molar-refractivity contribution in [2.75, 3.05) is 0 Å². The quantitative estimate of drug-likeness (QED) is 0.812. The zero-order valence-electron chi connectivity index (χ0n) is 9.56. The van der Waals surface area contributed by atoms with Crippen molar-refractivity contribution in [1.82, 2.24) is 9.55 Å². The van der Waals surface area contributed by atoms with Crippen LogP contribution >= 0.6 is 15.9 Å². The van der Waals surface area contributed by atoms with Crippen molar-refractivity contribution in [2.24, 2.45) is 0 Å². The van der Waals surface area contributed by atoms with Crippen molar-refractivity contribution in [3.8, 4) is 0 Å². The van der Waals surface area contributed by atoms with Crippen LogP contribution in [0.3, 0.4) is 0 Å². The SMILES string of the molecule is CCn1ccnc1CC(=O)c1ccc(Br)cc1. The molecular formula is C13H13BrN2O. The molecule has 0 radical (unpaired) electrons. The maximum absolute atomic E-state index is 12.0. The number of aromatic nitrogens is 2. The van der Waals surface area contributed by atoms with E-state index in [9.17, 15) is 4.79 Å². The minimum atomic E-state index is 0.0957.